The van der Waals surface area contributed by atoms with Crippen molar-refractivity contribution in [3.05, 3.63) is 143 Å². The number of guanidine groups is 1. The monoisotopic (exact) mass is 1760 g/mol. The minimum absolute atomic E-state index is 0.0474. The maximum atomic E-state index is 15.0. The van der Waals surface area contributed by atoms with Crippen LogP contribution in [0.3, 0.4) is 0 Å². The molecule has 4 aromatic carbocycles. The van der Waals surface area contributed by atoms with Crippen LogP contribution in [0.4, 0.5) is 4.79 Å². The molecule has 6 heterocycles. The average molecular weight is 1770 g/mol. The number of nitrogens with one attached hydrogen (secondary N) is 13. The van der Waals surface area contributed by atoms with Crippen molar-refractivity contribution in [3.63, 3.8) is 0 Å². The van der Waals surface area contributed by atoms with E-state index in [4.69, 9.17) is 17.2 Å². The molecule has 5 aromatic rings. The topological polar surface area (TPSA) is 516 Å². The minimum atomic E-state index is -1.16. The first-order valence-corrected chi connectivity index (χ1v) is 45.7. The van der Waals surface area contributed by atoms with Crippen molar-refractivity contribution in [3.8, 4) is 0 Å². The number of aliphatic imine (C=N–C) groups is 1. The van der Waals surface area contributed by atoms with Gasteiger partial charge in [-0.05, 0) is 136 Å². The summed E-state index contributed by atoms with van der Waals surface area (Å²) < 4.78 is 0. The summed E-state index contributed by atoms with van der Waals surface area (Å²) in [6.07, 6.45) is 16.1. The maximum absolute atomic E-state index is 15.0. The number of fused-ring (bicyclic) bond motifs is 5. The van der Waals surface area contributed by atoms with E-state index in [0.717, 1.165) is 103 Å². The van der Waals surface area contributed by atoms with Crippen LogP contribution < -0.4 is 81.0 Å². The highest BCUT2D eigenvalue weighted by Crippen LogP contribution is 2.33. The second-order valence-corrected chi connectivity index (χ2v) is 34.9. The highest BCUT2D eigenvalue weighted by atomic mass is 16.2. The summed E-state index contributed by atoms with van der Waals surface area (Å²) in [5.74, 6) is -6.83. The molecule has 0 radical (unpaired) electrons. The zero-order chi connectivity index (χ0) is 91.2. The van der Waals surface area contributed by atoms with Crippen molar-refractivity contribution >= 4 is 106 Å². The zero-order valence-corrected chi connectivity index (χ0v) is 73.4. The largest absolute Gasteiger partial charge is 0.370 e. The van der Waals surface area contributed by atoms with Gasteiger partial charge in [0.1, 0.15) is 72.5 Å². The van der Waals surface area contributed by atoms with E-state index in [-0.39, 0.29) is 134 Å². The van der Waals surface area contributed by atoms with Gasteiger partial charge in [0, 0.05) is 102 Å². The molecule has 0 bridgehead atoms. The third-order valence-corrected chi connectivity index (χ3v) is 25.4. The van der Waals surface area contributed by atoms with E-state index in [1.807, 2.05) is 109 Å². The van der Waals surface area contributed by atoms with Crippen LogP contribution in [0.5, 0.6) is 0 Å². The SMILES string of the molecule is CC(=O)N[C@@H](Cc1ccccc1)C(=O)NC1CCCNC(=O)[C@H](CCCN=C(N)N)NC(=O)[C@@H]2Cc3ccccc3CN2C(=O)[C@@H](CC2CCCCC2)NC(=O)[C@@H]2CCCN2C1=O.CC(=O)N[C@@H](Cc1ccccc1)C(=O)NC1CCCNC(=O)[C@H](CCCNC(N)=O)NC(=O)[C@H](Cc2c[nH]c3ccccc23)NC(=O)[C@@H](CC2CCCCC2)NC(=O)[C@@H]2CCCN2C1=O. The number of rotatable bonds is 24. The number of H-pyrrole nitrogens is 1. The van der Waals surface area contributed by atoms with Gasteiger partial charge < -0.3 is 101 Å². The third-order valence-electron chi connectivity index (χ3n) is 25.4. The van der Waals surface area contributed by atoms with Crippen molar-refractivity contribution in [2.24, 2.45) is 34.0 Å². The smallest absolute Gasteiger partial charge is 0.312 e. The number of nitrogens with two attached hydrogens (primary N) is 3. The van der Waals surface area contributed by atoms with Crippen LogP contribution in [0.25, 0.3) is 10.9 Å². The maximum Gasteiger partial charge on any atom is 0.312 e. The first kappa shape index (κ1) is 96.2. The van der Waals surface area contributed by atoms with Crippen LogP contribution in [0.2, 0.25) is 0 Å². The lowest BCUT2D eigenvalue weighted by molar-refractivity contribution is -0.147. The van der Waals surface area contributed by atoms with Gasteiger partial charge in [-0.25, -0.2) is 4.79 Å². The Balaban J connectivity index is 0.000000248. The molecule has 690 valence electrons. The van der Waals surface area contributed by atoms with Gasteiger partial charge in [-0.2, -0.15) is 0 Å². The number of nitrogens with zero attached hydrogens (tertiary/aromatic N) is 4. The predicted molar refractivity (Wildman–Crippen MR) is 479 cm³/mol. The Hall–Kier alpha value is -12.5. The molecule has 6 fully saturated rings. The summed E-state index contributed by atoms with van der Waals surface area (Å²) >= 11 is 0. The Kier molecular flexibility index (Phi) is 36.0. The second kappa shape index (κ2) is 47.9. The van der Waals surface area contributed by atoms with Crippen LogP contribution in [0.15, 0.2) is 120 Å². The first-order chi connectivity index (χ1) is 61.7. The van der Waals surface area contributed by atoms with Crippen LogP contribution in [-0.4, -0.2) is 226 Å². The molecule has 0 spiro atoms. The molecule has 35 nitrogen and oxygen atoms in total. The van der Waals surface area contributed by atoms with Crippen LogP contribution in [0.1, 0.15) is 196 Å². The van der Waals surface area contributed by atoms with E-state index < -0.39 is 161 Å². The number of carbonyl (C=O) groups is 15. The van der Waals surface area contributed by atoms with Gasteiger partial charge in [0.2, 0.25) is 82.7 Å². The molecule has 16 amide bonds. The van der Waals surface area contributed by atoms with Crippen molar-refractivity contribution in [1.29, 1.82) is 0 Å². The number of carbonyl (C=O) groups excluding carboxylic acids is 15. The fraction of sp³-hybridized carbons (Fsp3) is 0.548. The molecule has 7 aliphatic rings. The van der Waals surface area contributed by atoms with E-state index in [2.05, 4.69) is 73.8 Å². The molecule has 2 unspecified atom stereocenters. The number of benzene rings is 4. The molecule has 128 heavy (non-hydrogen) atoms. The van der Waals surface area contributed by atoms with E-state index >= 15 is 4.79 Å². The number of hydrogen-bond acceptors (Lipinski definition) is 16. The number of primary amides is 1. The van der Waals surface area contributed by atoms with Gasteiger partial charge in [-0.15, -0.1) is 0 Å². The summed E-state index contributed by atoms with van der Waals surface area (Å²) in [7, 11) is 0. The van der Waals surface area contributed by atoms with E-state index in [1.165, 1.54) is 28.5 Å². The Morgan fingerprint density at radius 3 is 1.45 bits per heavy atom. The Labute approximate surface area is 746 Å². The summed E-state index contributed by atoms with van der Waals surface area (Å²) in [5, 5.41) is 35.1. The number of amides is 16. The predicted octanol–water partition coefficient (Wildman–Crippen LogP) is 2.78. The molecule has 1 aromatic heterocycles. The standard InChI is InChI=1S/C47H64N10O8.C46H64N10O7/c1-29(58)52-37(25-30-13-4-2-5-14-30)42(60)54-36-20-11-22-49-41(59)35(19-10-23-50-47(48)65)53-44(62)39(27-32-28-51-34-18-9-8-17-33(32)34)55-43(61)38(26-31-15-6-3-7-16-31)56-45(63)40-21-12-24-57(40)46(36)64;1-29(57)51-36(25-30-13-4-2-5-14-30)41(59)53-35-20-11-22-49-40(58)34(19-10-23-50-46(47)48)52-43(61)39-27-32-17-8-9-18-33(32)28-56(39)45(63)37(26-31-15-6-3-7-16-31)54-42(60)38-21-12-24-55(38)44(35)62/h2,4-5,8-9,13-14,17-18,28,31,35-40,51H,3,6-7,10-12,15-16,19-27H2,1H3,(H,49,59)(H,52,58)(H,53,62)(H,54,60)(H,55,61)(H,56,63)(H3,48,50,65);2,4-5,8-9,13-14,17-18,31,34-39H,3,6-7,10-12,15-16,19-28H2,1H3,(H,49,58)(H,51,57)(H,52,61)(H,53,59)(H,54,60)(H4,47,48,50)/t35-,36?,37-,38+,39-,40-;34-,35?,36-,37+,38-,39-/m00/s1. The van der Waals surface area contributed by atoms with Gasteiger partial charge in [0.15, 0.2) is 5.96 Å². The summed E-state index contributed by atoms with van der Waals surface area (Å²) in [6.45, 7) is 3.73. The van der Waals surface area contributed by atoms with Crippen molar-refractivity contribution in [2.45, 2.75) is 273 Å². The number of urea groups is 1. The molecule has 19 N–H and O–H groups in total. The fourth-order valence-corrected chi connectivity index (χ4v) is 18.7. The Morgan fingerprint density at radius 1 is 0.453 bits per heavy atom. The number of aromatic amines is 1. The lowest BCUT2D eigenvalue weighted by atomic mass is 9.84. The number of hydrogen-bond donors (Lipinski definition) is 16. The fourth-order valence-electron chi connectivity index (χ4n) is 18.7. The molecule has 12 rings (SSSR count). The number of aromatic nitrogens is 1. The highest BCUT2D eigenvalue weighted by molar-refractivity contribution is 6.00. The first-order valence-electron chi connectivity index (χ1n) is 45.7. The molecule has 35 heteroatoms. The molecule has 2 aliphatic carbocycles. The lowest BCUT2D eigenvalue weighted by Gasteiger charge is -2.39. The second-order valence-electron chi connectivity index (χ2n) is 34.9. The van der Waals surface area contributed by atoms with Gasteiger partial charge in [0.25, 0.3) is 0 Å². The Bertz CT molecular complexity index is 4730. The molecule has 4 saturated heterocycles. The van der Waals surface area contributed by atoms with Gasteiger partial charge >= 0.3 is 6.03 Å². The molecule has 2 saturated carbocycles. The van der Waals surface area contributed by atoms with Crippen molar-refractivity contribution < 1.29 is 71.9 Å². The average Bonchev–Trinajstić information content (AvgIpc) is 1.00. The molecular weight excluding hydrogens is 1640 g/mol. The minimum Gasteiger partial charge on any atom is -0.370 e. The quantitative estimate of drug-likeness (QED) is 0.0240. The van der Waals surface area contributed by atoms with E-state index in [0.29, 0.717) is 44.9 Å². The van der Waals surface area contributed by atoms with Crippen molar-refractivity contribution in [2.75, 3.05) is 39.3 Å². The highest BCUT2D eigenvalue weighted by Gasteiger charge is 2.46. The van der Waals surface area contributed by atoms with Crippen LogP contribution in [-0.2, 0) is 99.4 Å². The van der Waals surface area contributed by atoms with Gasteiger partial charge in [-0.3, -0.25) is 72.1 Å². The van der Waals surface area contributed by atoms with Crippen molar-refractivity contribution in [1.82, 2.24) is 83.5 Å². The molecular formula is C93H128N20O15. The molecule has 5 aliphatic heterocycles. The number of para-hydroxylation sites is 1. The van der Waals surface area contributed by atoms with Crippen LogP contribution >= 0.6 is 0 Å². The lowest BCUT2D eigenvalue weighted by Crippen LogP contribution is -2.61. The van der Waals surface area contributed by atoms with E-state index in [9.17, 15) is 67.1 Å². The van der Waals surface area contributed by atoms with Crippen LogP contribution in [0, 0.1) is 11.8 Å². The summed E-state index contributed by atoms with van der Waals surface area (Å²) in [6, 6.07) is 20.4. The van der Waals surface area contributed by atoms with Gasteiger partial charge in [-0.1, -0.05) is 167 Å². The summed E-state index contributed by atoms with van der Waals surface area (Å²) in [4.78, 5) is 220. The normalized spacial score (nSPS) is 24.0. The summed E-state index contributed by atoms with van der Waals surface area (Å²) in [5.41, 5.74) is 21.4. The van der Waals surface area contributed by atoms with E-state index in [1.54, 1.807) is 6.20 Å². The molecule has 12 atom stereocenters. The zero-order valence-electron chi connectivity index (χ0n) is 73.4. The third kappa shape index (κ3) is 28.0. The Morgan fingerprint density at radius 2 is 0.914 bits per heavy atom. The van der Waals surface area contributed by atoms with Gasteiger partial charge in [0.05, 0.1) is 0 Å².